The van der Waals surface area contributed by atoms with E-state index in [1.165, 1.54) is 23.1 Å². The van der Waals surface area contributed by atoms with Gasteiger partial charge in [0.2, 0.25) is 0 Å². The minimum atomic E-state index is -0.808. The summed E-state index contributed by atoms with van der Waals surface area (Å²) in [6.45, 7) is 5.40. The molecule has 3 saturated heterocycles. The van der Waals surface area contributed by atoms with Gasteiger partial charge in [0.25, 0.3) is 11.8 Å². The summed E-state index contributed by atoms with van der Waals surface area (Å²) in [5.41, 5.74) is -0.524. The Balaban J connectivity index is 1.47. The standard InChI is InChI=1S/C21H27FN4O3/c1-2-24-11-8-21(9-12-24)19(28)26(20(29)23-21)17-7-4-10-25(14-17)18(27)15-5-3-6-16(22)13-15/h3,5-6,13,17H,2,4,7-12,14H2,1H3,(H,23,29)/t17-/m0/s1. The van der Waals surface area contributed by atoms with Crippen molar-refractivity contribution < 1.29 is 18.8 Å². The molecule has 1 aromatic rings. The Morgan fingerprint density at radius 2 is 2.00 bits per heavy atom. The summed E-state index contributed by atoms with van der Waals surface area (Å²) in [5, 5.41) is 2.95. The zero-order valence-electron chi connectivity index (χ0n) is 16.7. The highest BCUT2D eigenvalue weighted by molar-refractivity contribution is 6.07. The lowest BCUT2D eigenvalue weighted by Gasteiger charge is -2.39. The predicted octanol–water partition coefficient (Wildman–Crippen LogP) is 1.84. The molecule has 1 atom stereocenters. The topological polar surface area (TPSA) is 73.0 Å². The highest BCUT2D eigenvalue weighted by Gasteiger charge is 2.54. The van der Waals surface area contributed by atoms with Crippen LogP contribution < -0.4 is 5.32 Å². The molecular formula is C21H27FN4O3. The average molecular weight is 402 g/mol. The Labute approximate surface area is 169 Å². The number of rotatable bonds is 3. The maximum absolute atomic E-state index is 13.5. The van der Waals surface area contributed by atoms with Crippen LogP contribution in [0.1, 0.15) is 43.0 Å². The second kappa shape index (κ2) is 7.74. The molecule has 0 radical (unpaired) electrons. The third-order valence-electron chi connectivity index (χ3n) is 6.47. The van der Waals surface area contributed by atoms with Gasteiger partial charge < -0.3 is 15.1 Å². The van der Waals surface area contributed by atoms with E-state index >= 15 is 0 Å². The average Bonchev–Trinajstić information content (AvgIpc) is 2.97. The molecule has 29 heavy (non-hydrogen) atoms. The van der Waals surface area contributed by atoms with E-state index in [1.54, 1.807) is 11.0 Å². The number of amides is 4. The van der Waals surface area contributed by atoms with E-state index in [9.17, 15) is 18.8 Å². The van der Waals surface area contributed by atoms with Gasteiger partial charge in [-0.3, -0.25) is 14.5 Å². The number of halogens is 1. The van der Waals surface area contributed by atoms with Crippen molar-refractivity contribution in [2.45, 2.75) is 44.2 Å². The lowest BCUT2D eigenvalue weighted by molar-refractivity contribution is -0.135. The van der Waals surface area contributed by atoms with Crippen molar-refractivity contribution in [3.63, 3.8) is 0 Å². The lowest BCUT2D eigenvalue weighted by atomic mass is 9.87. The summed E-state index contributed by atoms with van der Waals surface area (Å²) in [6, 6.07) is 4.90. The van der Waals surface area contributed by atoms with Gasteiger partial charge in [-0.1, -0.05) is 13.0 Å². The Morgan fingerprint density at radius 1 is 1.24 bits per heavy atom. The highest BCUT2D eigenvalue weighted by atomic mass is 19.1. The van der Waals surface area contributed by atoms with E-state index in [-0.39, 0.29) is 36.0 Å². The van der Waals surface area contributed by atoms with Crippen LogP contribution in [0, 0.1) is 5.82 Å². The van der Waals surface area contributed by atoms with Gasteiger partial charge >= 0.3 is 6.03 Å². The number of benzene rings is 1. The molecule has 1 aromatic carbocycles. The summed E-state index contributed by atoms with van der Waals surface area (Å²) >= 11 is 0. The molecule has 156 valence electrons. The van der Waals surface area contributed by atoms with Crippen molar-refractivity contribution in [2.24, 2.45) is 0 Å². The summed E-state index contributed by atoms with van der Waals surface area (Å²) in [5.74, 6) is -0.894. The number of hydrogen-bond acceptors (Lipinski definition) is 4. The third-order valence-corrected chi connectivity index (χ3v) is 6.47. The molecule has 3 heterocycles. The molecular weight excluding hydrogens is 375 g/mol. The number of carbonyl (C=O) groups is 3. The van der Waals surface area contributed by atoms with Gasteiger partial charge in [0.1, 0.15) is 11.4 Å². The second-order valence-corrected chi connectivity index (χ2v) is 8.18. The zero-order valence-corrected chi connectivity index (χ0v) is 16.7. The van der Waals surface area contributed by atoms with Gasteiger partial charge in [0.05, 0.1) is 6.04 Å². The van der Waals surface area contributed by atoms with Crippen molar-refractivity contribution in [3.8, 4) is 0 Å². The number of piperidine rings is 2. The van der Waals surface area contributed by atoms with Crippen LogP contribution >= 0.6 is 0 Å². The van der Waals surface area contributed by atoms with Gasteiger partial charge in [-0.25, -0.2) is 9.18 Å². The smallest absolute Gasteiger partial charge is 0.325 e. The zero-order chi connectivity index (χ0) is 20.6. The van der Waals surface area contributed by atoms with Crippen LogP contribution in [0.4, 0.5) is 9.18 Å². The molecule has 1 spiro atoms. The van der Waals surface area contributed by atoms with Crippen molar-refractivity contribution in [1.82, 2.24) is 20.0 Å². The third kappa shape index (κ3) is 3.61. The summed E-state index contributed by atoms with van der Waals surface area (Å²) in [6.07, 6.45) is 2.59. The summed E-state index contributed by atoms with van der Waals surface area (Å²) in [4.78, 5) is 44.0. The minimum absolute atomic E-state index is 0.164. The van der Waals surface area contributed by atoms with Crippen molar-refractivity contribution in [3.05, 3.63) is 35.6 Å². The Bertz CT molecular complexity index is 822. The molecule has 0 saturated carbocycles. The van der Waals surface area contributed by atoms with E-state index in [0.29, 0.717) is 32.2 Å². The van der Waals surface area contributed by atoms with Gasteiger partial charge in [-0.15, -0.1) is 0 Å². The largest absolute Gasteiger partial charge is 0.337 e. The first kappa shape index (κ1) is 19.8. The molecule has 0 aromatic heterocycles. The molecule has 3 aliphatic heterocycles. The van der Waals surface area contributed by atoms with E-state index in [0.717, 1.165) is 19.6 Å². The number of nitrogens with zero attached hydrogens (tertiary/aromatic N) is 3. The Kier molecular flexibility index (Phi) is 5.29. The number of urea groups is 1. The van der Waals surface area contributed by atoms with Gasteiger partial charge in [-0.2, -0.15) is 0 Å². The molecule has 4 rings (SSSR count). The first-order chi connectivity index (χ1) is 13.9. The maximum Gasteiger partial charge on any atom is 0.325 e. The second-order valence-electron chi connectivity index (χ2n) is 8.18. The fourth-order valence-corrected chi connectivity index (χ4v) is 4.72. The number of likely N-dealkylation sites (tertiary alicyclic amines) is 2. The van der Waals surface area contributed by atoms with Crippen molar-refractivity contribution in [1.29, 1.82) is 0 Å². The van der Waals surface area contributed by atoms with Crippen LogP contribution in [-0.2, 0) is 4.79 Å². The number of nitrogens with one attached hydrogen (secondary N) is 1. The number of hydrogen-bond donors (Lipinski definition) is 1. The molecule has 8 heteroatoms. The first-order valence-corrected chi connectivity index (χ1v) is 10.4. The molecule has 0 aliphatic carbocycles. The fourth-order valence-electron chi connectivity index (χ4n) is 4.72. The van der Waals surface area contributed by atoms with Gasteiger partial charge in [0, 0.05) is 31.7 Å². The van der Waals surface area contributed by atoms with Crippen LogP contribution in [0.3, 0.4) is 0 Å². The van der Waals surface area contributed by atoms with E-state index in [1.807, 2.05) is 0 Å². The molecule has 4 amide bonds. The van der Waals surface area contributed by atoms with Crippen LogP contribution in [0.5, 0.6) is 0 Å². The Hall–Kier alpha value is -2.48. The number of carbonyl (C=O) groups excluding carboxylic acids is 3. The first-order valence-electron chi connectivity index (χ1n) is 10.4. The van der Waals surface area contributed by atoms with Crippen molar-refractivity contribution in [2.75, 3.05) is 32.7 Å². The molecule has 1 N–H and O–H groups in total. The summed E-state index contributed by atoms with van der Waals surface area (Å²) in [7, 11) is 0. The SMILES string of the molecule is CCN1CCC2(CC1)NC(=O)N([C@H]1CCCN(C(=O)c3cccc(F)c3)C1)C2=O. The fraction of sp³-hybridized carbons (Fsp3) is 0.571. The molecule has 0 unspecified atom stereocenters. The van der Waals surface area contributed by atoms with Gasteiger partial charge in [-0.05, 0) is 50.4 Å². The normalized spacial score (nSPS) is 24.8. The number of imide groups is 1. The lowest BCUT2D eigenvalue weighted by Crippen LogP contribution is -2.56. The van der Waals surface area contributed by atoms with Crippen LogP contribution in [-0.4, -0.2) is 76.8 Å². The highest BCUT2D eigenvalue weighted by Crippen LogP contribution is 2.32. The minimum Gasteiger partial charge on any atom is -0.337 e. The quantitative estimate of drug-likeness (QED) is 0.783. The predicted molar refractivity (Wildman–Crippen MR) is 105 cm³/mol. The van der Waals surface area contributed by atoms with Crippen LogP contribution in [0.15, 0.2) is 24.3 Å². The van der Waals surface area contributed by atoms with Crippen LogP contribution in [0.2, 0.25) is 0 Å². The maximum atomic E-state index is 13.5. The van der Waals surface area contributed by atoms with E-state index < -0.39 is 11.4 Å². The molecule has 7 nitrogen and oxygen atoms in total. The summed E-state index contributed by atoms with van der Waals surface area (Å²) < 4.78 is 13.5. The Morgan fingerprint density at radius 3 is 2.69 bits per heavy atom. The van der Waals surface area contributed by atoms with Gasteiger partial charge in [0.15, 0.2) is 0 Å². The molecule has 0 bridgehead atoms. The molecule has 3 aliphatic rings. The van der Waals surface area contributed by atoms with Crippen LogP contribution in [0.25, 0.3) is 0 Å². The van der Waals surface area contributed by atoms with E-state index in [2.05, 4.69) is 17.1 Å². The molecule has 3 fully saturated rings. The monoisotopic (exact) mass is 402 g/mol. The van der Waals surface area contributed by atoms with Crippen molar-refractivity contribution >= 4 is 17.8 Å². The van der Waals surface area contributed by atoms with E-state index in [4.69, 9.17) is 0 Å².